The van der Waals surface area contributed by atoms with Crippen LogP contribution in [0.5, 0.6) is 0 Å². The molecule has 0 radical (unpaired) electrons. The van der Waals surface area contributed by atoms with Gasteiger partial charge >= 0.3 is 0 Å². The maximum absolute atomic E-state index is 5.62. The number of nitrogens with two attached hydrogens (primary N) is 1. The van der Waals surface area contributed by atoms with Crippen molar-refractivity contribution in [2.45, 2.75) is 27.3 Å². The van der Waals surface area contributed by atoms with E-state index in [1.54, 1.807) is 5.30 Å². The van der Waals surface area contributed by atoms with Crippen LogP contribution in [0, 0.1) is 0 Å². The van der Waals surface area contributed by atoms with Crippen molar-refractivity contribution in [3.8, 4) is 0 Å². The molecule has 0 saturated heterocycles. The van der Waals surface area contributed by atoms with Crippen LogP contribution in [0.3, 0.4) is 0 Å². The molecular formula is C13H23NP+. The topological polar surface area (TPSA) is 26.0 Å². The van der Waals surface area contributed by atoms with Gasteiger partial charge in [-0.3, -0.25) is 0 Å². The molecule has 2 heteroatoms. The maximum atomic E-state index is 5.62. The van der Waals surface area contributed by atoms with Crippen LogP contribution in [-0.2, 0) is 6.54 Å². The van der Waals surface area contributed by atoms with Crippen molar-refractivity contribution in [3.05, 3.63) is 29.8 Å². The molecule has 0 bridgehead atoms. The standard InChI is InChI=1S/C13H23NP/c1-4-15(5-2,6-3)13-9-7-12(11-14)8-10-13/h7-10H,4-6,11,14H2,1-3H3/q+1. The molecule has 1 aromatic rings. The van der Waals surface area contributed by atoms with Crippen LogP contribution in [0.15, 0.2) is 24.3 Å². The molecule has 0 aliphatic heterocycles. The second-order valence-corrected chi connectivity index (χ2v) is 8.67. The molecule has 84 valence electrons. The monoisotopic (exact) mass is 224 g/mol. The minimum absolute atomic E-state index is 0.649. The Morgan fingerprint density at radius 1 is 0.933 bits per heavy atom. The molecule has 0 aliphatic rings. The average molecular weight is 224 g/mol. The maximum Gasteiger partial charge on any atom is 0.0939 e. The van der Waals surface area contributed by atoms with E-state index in [1.165, 1.54) is 24.0 Å². The minimum Gasteiger partial charge on any atom is -0.326 e. The summed E-state index contributed by atoms with van der Waals surface area (Å²) in [4.78, 5) is 0. The van der Waals surface area contributed by atoms with Gasteiger partial charge in [0, 0.05) is 13.8 Å². The molecule has 0 aromatic heterocycles. The Kier molecular flexibility index (Phi) is 4.76. The summed E-state index contributed by atoms with van der Waals surface area (Å²) < 4.78 is 0. The van der Waals surface area contributed by atoms with E-state index in [2.05, 4.69) is 45.0 Å². The van der Waals surface area contributed by atoms with Crippen LogP contribution < -0.4 is 11.0 Å². The SMILES string of the molecule is CC[P+](CC)(CC)c1ccc(CN)cc1. The van der Waals surface area contributed by atoms with Gasteiger partial charge in [-0.2, -0.15) is 0 Å². The molecule has 1 rings (SSSR count). The summed E-state index contributed by atoms with van der Waals surface area (Å²) in [5.74, 6) is 0. The lowest BCUT2D eigenvalue weighted by Gasteiger charge is -2.23. The van der Waals surface area contributed by atoms with E-state index in [9.17, 15) is 0 Å². The Bertz CT molecular complexity index is 280. The highest BCUT2D eigenvalue weighted by Gasteiger charge is 2.33. The van der Waals surface area contributed by atoms with Crippen LogP contribution in [0.1, 0.15) is 26.3 Å². The molecule has 0 amide bonds. The van der Waals surface area contributed by atoms with Gasteiger partial charge in [-0.25, -0.2) is 0 Å². The number of hydrogen-bond donors (Lipinski definition) is 1. The lowest BCUT2D eigenvalue weighted by molar-refractivity contribution is 1.07. The molecule has 0 atom stereocenters. The molecule has 0 fully saturated rings. The highest BCUT2D eigenvalue weighted by Crippen LogP contribution is 2.56. The van der Waals surface area contributed by atoms with Crippen LogP contribution in [0.25, 0.3) is 0 Å². The average Bonchev–Trinajstić information content (AvgIpc) is 2.33. The highest BCUT2D eigenvalue weighted by atomic mass is 31.2. The Hall–Kier alpha value is -0.390. The first-order valence-electron chi connectivity index (χ1n) is 5.88. The molecule has 0 aliphatic carbocycles. The summed E-state index contributed by atoms with van der Waals surface area (Å²) >= 11 is 0. The fourth-order valence-electron chi connectivity index (χ4n) is 2.17. The van der Waals surface area contributed by atoms with E-state index in [0.29, 0.717) is 6.54 Å². The molecule has 0 heterocycles. The molecule has 1 nitrogen and oxygen atoms in total. The van der Waals surface area contributed by atoms with Gasteiger partial charge in [-0.15, -0.1) is 0 Å². The summed E-state index contributed by atoms with van der Waals surface area (Å²) in [6.07, 6.45) is 3.96. The summed E-state index contributed by atoms with van der Waals surface area (Å²) in [6.45, 7) is 7.64. The predicted molar refractivity (Wildman–Crippen MR) is 72.5 cm³/mol. The van der Waals surface area contributed by atoms with Gasteiger partial charge in [0.15, 0.2) is 0 Å². The second kappa shape index (κ2) is 5.63. The van der Waals surface area contributed by atoms with Crippen LogP contribution >= 0.6 is 7.26 Å². The van der Waals surface area contributed by atoms with Gasteiger partial charge in [-0.1, -0.05) is 12.1 Å². The molecular weight excluding hydrogens is 201 g/mol. The molecule has 15 heavy (non-hydrogen) atoms. The van der Waals surface area contributed by atoms with Gasteiger partial charge in [0.2, 0.25) is 0 Å². The summed E-state index contributed by atoms with van der Waals surface area (Å²) in [5, 5.41) is 1.58. The van der Waals surface area contributed by atoms with E-state index in [0.717, 1.165) is 0 Å². The van der Waals surface area contributed by atoms with Crippen LogP contribution in [-0.4, -0.2) is 18.5 Å². The van der Waals surface area contributed by atoms with Crippen molar-refractivity contribution in [2.75, 3.05) is 18.5 Å². The quantitative estimate of drug-likeness (QED) is 0.765. The third-order valence-corrected chi connectivity index (χ3v) is 8.56. The van der Waals surface area contributed by atoms with E-state index >= 15 is 0 Å². The Morgan fingerprint density at radius 2 is 1.40 bits per heavy atom. The van der Waals surface area contributed by atoms with Gasteiger partial charge in [0.1, 0.15) is 0 Å². The first kappa shape index (κ1) is 12.7. The van der Waals surface area contributed by atoms with Crippen molar-refractivity contribution in [3.63, 3.8) is 0 Å². The number of hydrogen-bond acceptors (Lipinski definition) is 1. The predicted octanol–water partition coefficient (Wildman–Crippen LogP) is 2.85. The molecule has 2 N–H and O–H groups in total. The molecule has 0 spiro atoms. The van der Waals surface area contributed by atoms with E-state index in [1.807, 2.05) is 0 Å². The Morgan fingerprint density at radius 3 is 1.73 bits per heavy atom. The van der Waals surface area contributed by atoms with Crippen molar-refractivity contribution in [1.29, 1.82) is 0 Å². The van der Waals surface area contributed by atoms with E-state index < -0.39 is 7.26 Å². The van der Waals surface area contributed by atoms with Crippen molar-refractivity contribution in [2.24, 2.45) is 5.73 Å². The van der Waals surface area contributed by atoms with Crippen molar-refractivity contribution < 1.29 is 0 Å². The summed E-state index contributed by atoms with van der Waals surface area (Å²) in [6, 6.07) is 8.97. The Labute approximate surface area is 94.4 Å². The van der Waals surface area contributed by atoms with Gasteiger partial charge < -0.3 is 5.73 Å². The normalized spacial score (nSPS) is 11.7. The van der Waals surface area contributed by atoms with E-state index in [4.69, 9.17) is 5.73 Å². The lowest BCUT2D eigenvalue weighted by atomic mass is 10.2. The van der Waals surface area contributed by atoms with Gasteiger partial charge in [0.25, 0.3) is 0 Å². The Balaban J connectivity index is 3.01. The first-order chi connectivity index (χ1) is 7.22. The summed E-state index contributed by atoms with van der Waals surface area (Å²) in [5.41, 5.74) is 6.85. The highest BCUT2D eigenvalue weighted by molar-refractivity contribution is 7.82. The largest absolute Gasteiger partial charge is 0.326 e. The smallest absolute Gasteiger partial charge is 0.0939 e. The van der Waals surface area contributed by atoms with Crippen molar-refractivity contribution >= 4 is 12.6 Å². The van der Waals surface area contributed by atoms with E-state index in [-0.39, 0.29) is 0 Å². The zero-order valence-corrected chi connectivity index (χ0v) is 11.1. The van der Waals surface area contributed by atoms with Crippen LogP contribution in [0.4, 0.5) is 0 Å². The van der Waals surface area contributed by atoms with Crippen molar-refractivity contribution in [1.82, 2.24) is 0 Å². The zero-order valence-electron chi connectivity index (χ0n) is 10.2. The van der Waals surface area contributed by atoms with Gasteiger partial charge in [-0.05, 0) is 38.5 Å². The molecule has 0 unspecified atom stereocenters. The lowest BCUT2D eigenvalue weighted by Crippen LogP contribution is -2.17. The van der Waals surface area contributed by atoms with Crippen LogP contribution in [0.2, 0.25) is 0 Å². The fourth-order valence-corrected chi connectivity index (χ4v) is 5.39. The third kappa shape index (κ3) is 2.59. The molecule has 1 aromatic carbocycles. The first-order valence-corrected chi connectivity index (χ1v) is 8.22. The molecule has 0 saturated carbocycles. The summed E-state index contributed by atoms with van der Waals surface area (Å²) in [7, 11) is -0.862. The second-order valence-electron chi connectivity index (χ2n) is 3.96. The minimum atomic E-state index is -0.862. The fraction of sp³-hybridized carbons (Fsp3) is 0.538. The number of rotatable bonds is 5. The van der Waals surface area contributed by atoms with Gasteiger partial charge in [0.05, 0.1) is 23.8 Å². The number of benzene rings is 1. The third-order valence-electron chi connectivity index (χ3n) is 3.54. The zero-order chi connectivity index (χ0) is 11.3.